The first kappa shape index (κ1) is 13.5. The van der Waals surface area contributed by atoms with E-state index in [9.17, 15) is 4.79 Å². The fourth-order valence-electron chi connectivity index (χ4n) is 3.27. The minimum absolute atomic E-state index is 0.0546. The largest absolute Gasteiger partial charge is 0.333 e. The van der Waals surface area contributed by atoms with Gasteiger partial charge in [0.2, 0.25) is 5.82 Å². The molecule has 3 rings (SSSR count). The maximum atomic E-state index is 12.6. The molecule has 6 heteroatoms. The monoisotopic (exact) mass is 277 g/mol. The predicted molar refractivity (Wildman–Crippen MR) is 75.3 cm³/mol. The minimum Gasteiger partial charge on any atom is -0.333 e. The van der Waals surface area contributed by atoms with Gasteiger partial charge in [-0.2, -0.15) is 0 Å². The molecular weight excluding hydrogens is 254 g/mol. The molecule has 0 radical (unpaired) electrons. The Morgan fingerprint density at radius 2 is 2.20 bits per heavy atom. The molecule has 2 saturated carbocycles. The van der Waals surface area contributed by atoms with Crippen molar-refractivity contribution in [2.75, 3.05) is 13.1 Å². The van der Waals surface area contributed by atoms with Crippen LogP contribution in [0.4, 0.5) is 0 Å². The number of nitrogens with one attached hydrogen (secondary N) is 1. The fourth-order valence-corrected chi connectivity index (χ4v) is 3.27. The van der Waals surface area contributed by atoms with E-state index >= 15 is 0 Å². The number of aromatic amines is 1. The zero-order valence-electron chi connectivity index (χ0n) is 12.0. The molecule has 0 aliphatic heterocycles. The highest BCUT2D eigenvalue weighted by Crippen LogP contribution is 2.38. The molecule has 1 heterocycles. The Balaban J connectivity index is 1.75. The number of rotatable bonds is 5. The highest BCUT2D eigenvalue weighted by molar-refractivity contribution is 5.90. The van der Waals surface area contributed by atoms with E-state index in [1.54, 1.807) is 0 Å². The average molecular weight is 277 g/mol. The summed E-state index contributed by atoms with van der Waals surface area (Å²) >= 11 is 0. The van der Waals surface area contributed by atoms with Crippen LogP contribution in [0.15, 0.2) is 0 Å². The summed E-state index contributed by atoms with van der Waals surface area (Å²) in [5, 5.41) is 7.02. The van der Waals surface area contributed by atoms with Gasteiger partial charge in [-0.1, -0.05) is 6.42 Å². The second-order valence-electron chi connectivity index (χ2n) is 5.90. The number of H-pyrrole nitrogens is 1. The molecule has 1 amide bonds. The van der Waals surface area contributed by atoms with Gasteiger partial charge < -0.3 is 10.6 Å². The van der Waals surface area contributed by atoms with E-state index in [-0.39, 0.29) is 11.9 Å². The zero-order chi connectivity index (χ0) is 14.1. The van der Waals surface area contributed by atoms with Gasteiger partial charge in [-0.3, -0.25) is 9.89 Å². The number of nitrogens with two attached hydrogens (primary N) is 1. The van der Waals surface area contributed by atoms with Crippen LogP contribution in [-0.4, -0.2) is 45.1 Å². The van der Waals surface area contributed by atoms with Crippen molar-refractivity contribution in [2.24, 2.45) is 11.7 Å². The highest BCUT2D eigenvalue weighted by Gasteiger charge is 2.35. The Labute approximate surface area is 119 Å². The number of amides is 1. The van der Waals surface area contributed by atoms with Crippen LogP contribution in [0, 0.1) is 5.92 Å². The molecule has 2 aliphatic rings. The molecule has 0 saturated heterocycles. The van der Waals surface area contributed by atoms with E-state index in [2.05, 4.69) is 15.2 Å². The molecule has 1 aromatic heterocycles. The van der Waals surface area contributed by atoms with Gasteiger partial charge in [0.05, 0.1) is 0 Å². The van der Waals surface area contributed by atoms with Crippen LogP contribution in [-0.2, 0) is 0 Å². The first-order valence-electron chi connectivity index (χ1n) is 7.68. The lowest BCUT2D eigenvalue weighted by Gasteiger charge is -2.30. The molecule has 3 N–H and O–H groups in total. The van der Waals surface area contributed by atoms with Crippen LogP contribution in [0.2, 0.25) is 0 Å². The lowest BCUT2D eigenvalue weighted by Crippen LogP contribution is -2.44. The topological polar surface area (TPSA) is 87.9 Å². The number of hydrogen-bond acceptors (Lipinski definition) is 4. The second-order valence-corrected chi connectivity index (χ2v) is 5.90. The quantitative estimate of drug-likeness (QED) is 0.848. The third-order valence-corrected chi connectivity index (χ3v) is 4.58. The normalized spacial score (nSPS) is 25.9. The Hall–Kier alpha value is -1.43. The molecular formula is C14H23N5O. The standard InChI is InChI=1S/C14H23N5O/c1-2-19(11-5-3-4-10(11)8-15)14(20)13-16-12(17-18-13)9-6-7-9/h9-11H,2-8,15H2,1H3,(H,16,17,18). The lowest BCUT2D eigenvalue weighted by atomic mass is 10.0. The summed E-state index contributed by atoms with van der Waals surface area (Å²) in [5.41, 5.74) is 5.83. The number of carbonyl (C=O) groups excluding carboxylic acids is 1. The van der Waals surface area contributed by atoms with Crippen molar-refractivity contribution in [2.45, 2.75) is 51.0 Å². The summed E-state index contributed by atoms with van der Waals surface area (Å²) in [4.78, 5) is 18.9. The molecule has 2 atom stereocenters. The second kappa shape index (κ2) is 5.52. The maximum Gasteiger partial charge on any atom is 0.293 e. The van der Waals surface area contributed by atoms with E-state index in [1.165, 1.54) is 0 Å². The smallest absolute Gasteiger partial charge is 0.293 e. The van der Waals surface area contributed by atoms with Crippen molar-refractivity contribution in [3.8, 4) is 0 Å². The SMILES string of the molecule is CCN(C(=O)c1n[nH]c(C2CC2)n1)C1CCCC1CN. The van der Waals surface area contributed by atoms with E-state index in [4.69, 9.17) is 5.73 Å². The molecule has 2 unspecified atom stereocenters. The molecule has 2 fully saturated rings. The van der Waals surface area contributed by atoms with Gasteiger partial charge in [0.15, 0.2) is 0 Å². The summed E-state index contributed by atoms with van der Waals surface area (Å²) in [6.07, 6.45) is 5.61. The van der Waals surface area contributed by atoms with E-state index in [0.29, 0.717) is 30.7 Å². The van der Waals surface area contributed by atoms with E-state index in [1.807, 2.05) is 11.8 Å². The molecule has 110 valence electrons. The minimum atomic E-state index is -0.0546. The van der Waals surface area contributed by atoms with Crippen LogP contribution in [0.1, 0.15) is 61.4 Å². The Kier molecular flexibility index (Phi) is 3.74. The van der Waals surface area contributed by atoms with Gasteiger partial charge in [-0.15, -0.1) is 5.10 Å². The van der Waals surface area contributed by atoms with Gasteiger partial charge in [0, 0.05) is 18.5 Å². The summed E-state index contributed by atoms with van der Waals surface area (Å²) in [6.45, 7) is 3.35. The van der Waals surface area contributed by atoms with Gasteiger partial charge in [-0.25, -0.2) is 4.98 Å². The third kappa shape index (κ3) is 2.44. The van der Waals surface area contributed by atoms with Crippen molar-refractivity contribution < 1.29 is 4.79 Å². The van der Waals surface area contributed by atoms with Crippen molar-refractivity contribution in [1.82, 2.24) is 20.1 Å². The first-order chi connectivity index (χ1) is 9.74. The molecule has 0 bridgehead atoms. The summed E-state index contributed by atoms with van der Waals surface area (Å²) < 4.78 is 0. The first-order valence-corrected chi connectivity index (χ1v) is 7.68. The molecule has 0 spiro atoms. The lowest BCUT2D eigenvalue weighted by molar-refractivity contribution is 0.0640. The van der Waals surface area contributed by atoms with Crippen LogP contribution in [0.25, 0.3) is 0 Å². The summed E-state index contributed by atoms with van der Waals surface area (Å²) in [5.74, 6) is 2.03. The van der Waals surface area contributed by atoms with Crippen molar-refractivity contribution >= 4 is 5.91 Å². The molecule has 6 nitrogen and oxygen atoms in total. The van der Waals surface area contributed by atoms with Crippen molar-refractivity contribution in [3.63, 3.8) is 0 Å². The Morgan fingerprint density at radius 1 is 1.40 bits per heavy atom. The maximum absolute atomic E-state index is 12.6. The molecule has 0 aromatic carbocycles. The molecule has 20 heavy (non-hydrogen) atoms. The summed E-state index contributed by atoms with van der Waals surface area (Å²) in [6, 6.07) is 0.250. The van der Waals surface area contributed by atoms with E-state index < -0.39 is 0 Å². The molecule has 2 aliphatic carbocycles. The van der Waals surface area contributed by atoms with Crippen LogP contribution in [0.5, 0.6) is 0 Å². The zero-order valence-corrected chi connectivity index (χ0v) is 12.0. The van der Waals surface area contributed by atoms with Crippen molar-refractivity contribution in [3.05, 3.63) is 11.6 Å². The Morgan fingerprint density at radius 3 is 2.85 bits per heavy atom. The van der Waals surface area contributed by atoms with Gasteiger partial charge in [0.1, 0.15) is 5.82 Å². The van der Waals surface area contributed by atoms with Gasteiger partial charge >= 0.3 is 0 Å². The van der Waals surface area contributed by atoms with Crippen LogP contribution < -0.4 is 5.73 Å². The predicted octanol–water partition coefficient (Wildman–Crippen LogP) is 1.27. The third-order valence-electron chi connectivity index (χ3n) is 4.58. The number of nitrogens with zero attached hydrogens (tertiary/aromatic N) is 3. The fraction of sp³-hybridized carbons (Fsp3) is 0.786. The Bertz CT molecular complexity index is 482. The average Bonchev–Trinajstić information content (AvgIpc) is 3.03. The number of carbonyl (C=O) groups is 1. The summed E-state index contributed by atoms with van der Waals surface area (Å²) in [7, 11) is 0. The van der Waals surface area contributed by atoms with E-state index in [0.717, 1.165) is 37.9 Å². The highest BCUT2D eigenvalue weighted by atomic mass is 16.2. The number of hydrogen-bond donors (Lipinski definition) is 2. The number of aromatic nitrogens is 3. The van der Waals surface area contributed by atoms with Gasteiger partial charge in [0.25, 0.3) is 5.91 Å². The van der Waals surface area contributed by atoms with Crippen LogP contribution in [0.3, 0.4) is 0 Å². The van der Waals surface area contributed by atoms with Crippen molar-refractivity contribution in [1.29, 1.82) is 0 Å². The molecule has 1 aromatic rings. The van der Waals surface area contributed by atoms with Crippen LogP contribution >= 0.6 is 0 Å². The van der Waals surface area contributed by atoms with Gasteiger partial charge in [-0.05, 0) is 45.1 Å².